The summed E-state index contributed by atoms with van der Waals surface area (Å²) in [5, 5.41) is 3.36. The lowest BCUT2D eigenvalue weighted by Crippen LogP contribution is -2.51. The van der Waals surface area contributed by atoms with Crippen LogP contribution in [0, 0.1) is 0 Å². The summed E-state index contributed by atoms with van der Waals surface area (Å²) in [5.41, 5.74) is 1.08. The van der Waals surface area contributed by atoms with Crippen LogP contribution in [-0.4, -0.2) is 57.9 Å². The van der Waals surface area contributed by atoms with E-state index in [9.17, 15) is 0 Å². The monoisotopic (exact) mass is 278 g/mol. The van der Waals surface area contributed by atoms with Gasteiger partial charge in [0, 0.05) is 31.7 Å². The fraction of sp³-hybridized carbons (Fsp3) is 0.600. The maximum atomic E-state index is 6.15. The van der Waals surface area contributed by atoms with Gasteiger partial charge in [0.2, 0.25) is 0 Å². The zero-order valence-corrected chi connectivity index (χ0v) is 12.1. The molecule has 1 aromatic carbocycles. The molecule has 3 rings (SSSR count). The fourth-order valence-electron chi connectivity index (χ4n) is 2.72. The van der Waals surface area contributed by atoms with E-state index in [0.29, 0.717) is 0 Å². The molecule has 1 N–H and O–H groups in total. The van der Waals surface area contributed by atoms with E-state index >= 15 is 0 Å². The smallest absolute Gasteiger partial charge is 0.167 e. The summed E-state index contributed by atoms with van der Waals surface area (Å²) in [6.45, 7) is 4.37. The van der Waals surface area contributed by atoms with E-state index in [1.165, 1.54) is 0 Å². The summed E-state index contributed by atoms with van der Waals surface area (Å²) < 4.78 is 17.5. The van der Waals surface area contributed by atoms with Gasteiger partial charge in [-0.1, -0.05) is 12.1 Å². The van der Waals surface area contributed by atoms with Crippen molar-refractivity contribution < 1.29 is 14.2 Å². The minimum atomic E-state index is 0.0339. The Kier molecular flexibility index (Phi) is 4.10. The molecule has 1 atom stereocenters. The standard InChI is InChI=1S/C15H22N2O3/c1-17-9-11(10-17)20-15-12(4-3-5-13(15)18-2)14-8-16-6-7-19-14/h3-5,11,14,16H,6-10H2,1-2H3. The van der Waals surface area contributed by atoms with Crippen molar-refractivity contribution in [3.63, 3.8) is 0 Å². The maximum Gasteiger partial charge on any atom is 0.167 e. The first-order valence-corrected chi connectivity index (χ1v) is 7.12. The second-order valence-electron chi connectivity index (χ2n) is 5.40. The number of hydrogen-bond acceptors (Lipinski definition) is 5. The molecule has 2 aliphatic heterocycles. The minimum Gasteiger partial charge on any atom is -0.493 e. The van der Waals surface area contributed by atoms with E-state index < -0.39 is 0 Å². The van der Waals surface area contributed by atoms with Crippen LogP contribution in [0.4, 0.5) is 0 Å². The molecule has 20 heavy (non-hydrogen) atoms. The van der Waals surface area contributed by atoms with Crippen LogP contribution in [0.15, 0.2) is 18.2 Å². The molecule has 5 heteroatoms. The van der Waals surface area contributed by atoms with Gasteiger partial charge in [-0.15, -0.1) is 0 Å². The predicted octanol–water partition coefficient (Wildman–Crippen LogP) is 1.05. The van der Waals surface area contributed by atoms with Crippen LogP contribution in [0.5, 0.6) is 11.5 Å². The number of likely N-dealkylation sites (N-methyl/N-ethyl adjacent to an activating group) is 1. The van der Waals surface area contributed by atoms with Crippen molar-refractivity contribution in [1.29, 1.82) is 0 Å². The van der Waals surface area contributed by atoms with Crippen LogP contribution in [0.2, 0.25) is 0 Å². The molecular formula is C15H22N2O3. The largest absolute Gasteiger partial charge is 0.493 e. The summed E-state index contributed by atoms with van der Waals surface area (Å²) in [6, 6.07) is 6.00. The number of hydrogen-bond donors (Lipinski definition) is 1. The number of ether oxygens (including phenoxy) is 3. The molecule has 0 aromatic heterocycles. The molecule has 0 bridgehead atoms. The van der Waals surface area contributed by atoms with Gasteiger partial charge in [0.1, 0.15) is 6.10 Å². The molecule has 2 saturated heterocycles. The van der Waals surface area contributed by atoms with Gasteiger partial charge in [0.15, 0.2) is 11.5 Å². The van der Waals surface area contributed by atoms with Crippen molar-refractivity contribution in [2.24, 2.45) is 0 Å². The van der Waals surface area contributed by atoms with Crippen LogP contribution in [0.25, 0.3) is 0 Å². The van der Waals surface area contributed by atoms with E-state index in [2.05, 4.69) is 23.3 Å². The van der Waals surface area contributed by atoms with Crippen LogP contribution < -0.4 is 14.8 Å². The molecule has 2 aliphatic rings. The second kappa shape index (κ2) is 5.99. The molecule has 0 spiro atoms. The number of nitrogens with zero attached hydrogens (tertiary/aromatic N) is 1. The molecule has 0 radical (unpaired) electrons. The highest BCUT2D eigenvalue weighted by Gasteiger charge is 2.29. The van der Waals surface area contributed by atoms with Crippen molar-refractivity contribution in [2.75, 3.05) is 46.9 Å². The number of methoxy groups -OCH3 is 1. The molecular weight excluding hydrogens is 256 g/mol. The summed E-state index contributed by atoms with van der Waals surface area (Å²) in [6.07, 6.45) is 0.276. The summed E-state index contributed by atoms with van der Waals surface area (Å²) in [7, 11) is 3.77. The zero-order valence-electron chi connectivity index (χ0n) is 12.1. The van der Waals surface area contributed by atoms with Crippen molar-refractivity contribution in [2.45, 2.75) is 12.2 Å². The Balaban J connectivity index is 1.83. The molecule has 110 valence electrons. The lowest BCUT2D eigenvalue weighted by molar-refractivity contribution is 0.0144. The Morgan fingerprint density at radius 3 is 2.85 bits per heavy atom. The van der Waals surface area contributed by atoms with Gasteiger partial charge in [0.05, 0.1) is 19.8 Å². The van der Waals surface area contributed by atoms with Crippen molar-refractivity contribution >= 4 is 0 Å². The number of rotatable bonds is 4. The summed E-state index contributed by atoms with van der Waals surface area (Å²) in [5.74, 6) is 1.62. The Morgan fingerprint density at radius 2 is 2.20 bits per heavy atom. The fourth-order valence-corrected chi connectivity index (χ4v) is 2.72. The Hall–Kier alpha value is -1.30. The first-order chi connectivity index (χ1) is 9.78. The number of morpholine rings is 1. The van der Waals surface area contributed by atoms with E-state index in [0.717, 1.165) is 49.8 Å². The van der Waals surface area contributed by atoms with Crippen LogP contribution >= 0.6 is 0 Å². The lowest BCUT2D eigenvalue weighted by Gasteiger charge is -2.37. The average molecular weight is 278 g/mol. The normalized spacial score (nSPS) is 24.2. The molecule has 2 fully saturated rings. The molecule has 1 aromatic rings. The topological polar surface area (TPSA) is 43.0 Å². The molecule has 0 amide bonds. The Labute approximate surface area is 119 Å². The minimum absolute atomic E-state index is 0.0339. The van der Waals surface area contributed by atoms with E-state index in [-0.39, 0.29) is 12.2 Å². The Morgan fingerprint density at radius 1 is 1.35 bits per heavy atom. The molecule has 1 unspecified atom stereocenters. The molecule has 2 heterocycles. The maximum absolute atomic E-state index is 6.15. The summed E-state index contributed by atoms with van der Waals surface area (Å²) >= 11 is 0. The van der Waals surface area contributed by atoms with Crippen LogP contribution in [0.3, 0.4) is 0 Å². The quantitative estimate of drug-likeness (QED) is 0.892. The third-order valence-corrected chi connectivity index (χ3v) is 3.82. The SMILES string of the molecule is COc1cccc(C2CNCCO2)c1OC1CN(C)C1. The highest BCUT2D eigenvalue weighted by atomic mass is 16.5. The predicted molar refractivity (Wildman–Crippen MR) is 76.5 cm³/mol. The molecule has 0 aliphatic carbocycles. The van der Waals surface area contributed by atoms with Gasteiger partial charge < -0.3 is 19.5 Å². The van der Waals surface area contributed by atoms with E-state index in [1.807, 2.05) is 12.1 Å². The van der Waals surface area contributed by atoms with Gasteiger partial charge in [-0.3, -0.25) is 4.90 Å². The second-order valence-corrected chi connectivity index (χ2v) is 5.40. The molecule has 5 nitrogen and oxygen atoms in total. The number of likely N-dealkylation sites (tertiary alicyclic amines) is 1. The van der Waals surface area contributed by atoms with Gasteiger partial charge in [0.25, 0.3) is 0 Å². The highest BCUT2D eigenvalue weighted by Crippen LogP contribution is 2.37. The highest BCUT2D eigenvalue weighted by molar-refractivity contribution is 5.48. The van der Waals surface area contributed by atoms with Gasteiger partial charge >= 0.3 is 0 Å². The van der Waals surface area contributed by atoms with E-state index in [4.69, 9.17) is 14.2 Å². The summed E-state index contributed by atoms with van der Waals surface area (Å²) in [4.78, 5) is 2.23. The van der Waals surface area contributed by atoms with Crippen molar-refractivity contribution in [3.05, 3.63) is 23.8 Å². The van der Waals surface area contributed by atoms with E-state index in [1.54, 1.807) is 7.11 Å². The number of benzene rings is 1. The van der Waals surface area contributed by atoms with Crippen LogP contribution in [0.1, 0.15) is 11.7 Å². The van der Waals surface area contributed by atoms with Gasteiger partial charge in [-0.05, 0) is 13.1 Å². The molecule has 0 saturated carbocycles. The number of nitrogens with one attached hydrogen (secondary N) is 1. The average Bonchev–Trinajstić information content (AvgIpc) is 2.46. The third-order valence-electron chi connectivity index (χ3n) is 3.82. The first-order valence-electron chi connectivity index (χ1n) is 7.12. The zero-order chi connectivity index (χ0) is 13.9. The third kappa shape index (κ3) is 2.75. The number of para-hydroxylation sites is 1. The van der Waals surface area contributed by atoms with Crippen molar-refractivity contribution in [1.82, 2.24) is 10.2 Å². The van der Waals surface area contributed by atoms with Crippen molar-refractivity contribution in [3.8, 4) is 11.5 Å². The van der Waals surface area contributed by atoms with Crippen LogP contribution in [-0.2, 0) is 4.74 Å². The van der Waals surface area contributed by atoms with Gasteiger partial charge in [-0.25, -0.2) is 0 Å². The van der Waals surface area contributed by atoms with Gasteiger partial charge in [-0.2, -0.15) is 0 Å². The first kappa shape index (κ1) is 13.7. The lowest BCUT2D eigenvalue weighted by atomic mass is 10.1. The Bertz CT molecular complexity index is 454.